The second kappa shape index (κ2) is 7.12. The van der Waals surface area contributed by atoms with Crippen LogP contribution in [0.4, 0.5) is 5.69 Å². The lowest BCUT2D eigenvalue weighted by molar-refractivity contribution is -0.116. The van der Waals surface area contributed by atoms with Crippen LogP contribution < -0.4 is 4.90 Å². The Balaban J connectivity index is 1.36. The highest BCUT2D eigenvalue weighted by Gasteiger charge is 2.23. The van der Waals surface area contributed by atoms with Crippen LogP contribution in [0.25, 0.3) is 17.1 Å². The highest BCUT2D eigenvalue weighted by atomic mass is 32.2. The van der Waals surface area contributed by atoms with Gasteiger partial charge in [0.15, 0.2) is 11.4 Å². The first-order valence-electron chi connectivity index (χ1n) is 9.07. The van der Waals surface area contributed by atoms with Crippen LogP contribution in [0.15, 0.2) is 64.4 Å². The van der Waals surface area contributed by atoms with E-state index in [2.05, 4.69) is 21.4 Å². The minimum Gasteiger partial charge on any atom is -0.463 e. The number of carbonyl (C=O) groups is 1. The number of rotatable bonds is 4. The van der Waals surface area contributed by atoms with Crippen molar-refractivity contribution >= 4 is 29.0 Å². The molecule has 1 amide bonds. The molecule has 1 aromatic carbocycles. The summed E-state index contributed by atoms with van der Waals surface area (Å²) in [5.74, 6) is 1.02. The van der Waals surface area contributed by atoms with Crippen molar-refractivity contribution in [3.05, 3.63) is 60.4 Å². The van der Waals surface area contributed by atoms with E-state index in [0.29, 0.717) is 22.3 Å². The number of fused-ring (bicyclic) bond motifs is 2. The SMILES string of the molecule is O=C(CSc1nnc2ccc(-c3ccco3)nn12)N1CCCc2ccccc21. The fraction of sp³-hybridized carbons (Fsp3) is 0.200. The fourth-order valence-electron chi connectivity index (χ4n) is 3.41. The molecule has 1 aliphatic rings. The molecule has 0 saturated carbocycles. The van der Waals surface area contributed by atoms with Gasteiger partial charge in [-0.1, -0.05) is 30.0 Å². The Bertz CT molecular complexity index is 1140. The molecule has 0 fully saturated rings. The van der Waals surface area contributed by atoms with Crippen molar-refractivity contribution in [1.29, 1.82) is 0 Å². The highest BCUT2D eigenvalue weighted by molar-refractivity contribution is 7.99. The summed E-state index contributed by atoms with van der Waals surface area (Å²) in [6.45, 7) is 0.748. The van der Waals surface area contributed by atoms with Gasteiger partial charge in [-0.3, -0.25) is 4.79 Å². The third-order valence-electron chi connectivity index (χ3n) is 4.74. The first-order valence-corrected chi connectivity index (χ1v) is 10.1. The summed E-state index contributed by atoms with van der Waals surface area (Å²) < 4.78 is 7.06. The molecule has 0 unspecified atom stereocenters. The van der Waals surface area contributed by atoms with Crippen LogP contribution in [-0.4, -0.2) is 38.0 Å². The van der Waals surface area contributed by atoms with E-state index < -0.39 is 0 Å². The number of aromatic nitrogens is 4. The molecule has 0 bridgehead atoms. The van der Waals surface area contributed by atoms with Gasteiger partial charge in [0.1, 0.15) is 5.69 Å². The number of aryl methyl sites for hydroxylation is 1. The maximum absolute atomic E-state index is 12.9. The van der Waals surface area contributed by atoms with E-state index in [9.17, 15) is 4.79 Å². The predicted octanol–water partition coefficient (Wildman–Crippen LogP) is 3.46. The smallest absolute Gasteiger partial charge is 0.237 e. The molecule has 0 radical (unpaired) electrons. The van der Waals surface area contributed by atoms with Crippen LogP contribution in [0.1, 0.15) is 12.0 Å². The average molecular weight is 391 g/mol. The predicted molar refractivity (Wildman–Crippen MR) is 106 cm³/mol. The summed E-state index contributed by atoms with van der Waals surface area (Å²) in [4.78, 5) is 14.7. The van der Waals surface area contributed by atoms with Gasteiger partial charge in [-0.2, -0.15) is 9.61 Å². The summed E-state index contributed by atoms with van der Waals surface area (Å²) >= 11 is 1.34. The number of amides is 1. The van der Waals surface area contributed by atoms with Crippen molar-refractivity contribution in [2.24, 2.45) is 0 Å². The molecular formula is C20H17N5O2S. The quantitative estimate of drug-likeness (QED) is 0.496. The van der Waals surface area contributed by atoms with Gasteiger partial charge in [0.2, 0.25) is 11.1 Å². The number of hydrogen-bond donors (Lipinski definition) is 0. The van der Waals surface area contributed by atoms with Gasteiger partial charge in [-0.25, -0.2) is 0 Å². The molecule has 1 aliphatic heterocycles. The monoisotopic (exact) mass is 391 g/mol. The van der Waals surface area contributed by atoms with Gasteiger partial charge in [0.05, 0.1) is 12.0 Å². The van der Waals surface area contributed by atoms with Crippen LogP contribution in [0, 0.1) is 0 Å². The Morgan fingerprint density at radius 3 is 2.93 bits per heavy atom. The number of thioether (sulfide) groups is 1. The summed E-state index contributed by atoms with van der Waals surface area (Å²) in [5, 5.41) is 13.5. The molecule has 140 valence electrons. The molecule has 28 heavy (non-hydrogen) atoms. The molecule has 0 saturated heterocycles. The lowest BCUT2D eigenvalue weighted by Gasteiger charge is -2.29. The Kier molecular flexibility index (Phi) is 4.32. The highest BCUT2D eigenvalue weighted by Crippen LogP contribution is 2.28. The lowest BCUT2D eigenvalue weighted by atomic mass is 10.0. The number of benzene rings is 1. The fourth-order valence-corrected chi connectivity index (χ4v) is 4.18. The number of furan rings is 1. The normalized spacial score (nSPS) is 13.6. The Morgan fingerprint density at radius 2 is 2.04 bits per heavy atom. The van der Waals surface area contributed by atoms with Crippen LogP contribution in [-0.2, 0) is 11.2 Å². The van der Waals surface area contributed by atoms with Crippen LogP contribution in [0.5, 0.6) is 0 Å². The maximum Gasteiger partial charge on any atom is 0.237 e. The number of nitrogens with zero attached hydrogens (tertiary/aromatic N) is 5. The molecule has 4 aromatic rings. The minimum atomic E-state index is 0.0658. The molecule has 8 heteroatoms. The van der Waals surface area contributed by atoms with Crippen molar-refractivity contribution in [3.8, 4) is 11.5 Å². The zero-order valence-corrected chi connectivity index (χ0v) is 15.8. The molecule has 4 heterocycles. The largest absolute Gasteiger partial charge is 0.463 e. The standard InChI is InChI=1S/C20H17N5O2S/c26-19(24-11-3-6-14-5-1-2-7-16(14)24)13-28-20-22-21-18-10-9-15(23-25(18)20)17-8-4-12-27-17/h1-2,4-5,7-10,12H,3,6,11,13H2. The van der Waals surface area contributed by atoms with Gasteiger partial charge in [-0.15, -0.1) is 10.2 Å². The maximum atomic E-state index is 12.9. The Labute approximate surface area is 165 Å². The second-order valence-corrected chi connectivity index (χ2v) is 7.46. The molecule has 0 aliphatic carbocycles. The van der Waals surface area contributed by atoms with E-state index in [0.717, 1.165) is 25.1 Å². The van der Waals surface area contributed by atoms with Gasteiger partial charge < -0.3 is 9.32 Å². The Morgan fingerprint density at radius 1 is 1.11 bits per heavy atom. The number of anilines is 1. The van der Waals surface area contributed by atoms with E-state index in [1.165, 1.54) is 17.3 Å². The molecule has 5 rings (SSSR count). The van der Waals surface area contributed by atoms with E-state index >= 15 is 0 Å². The van der Waals surface area contributed by atoms with E-state index in [1.54, 1.807) is 10.8 Å². The zero-order valence-electron chi connectivity index (χ0n) is 15.0. The van der Waals surface area contributed by atoms with Gasteiger partial charge in [0, 0.05) is 12.2 Å². The van der Waals surface area contributed by atoms with E-state index in [4.69, 9.17) is 4.42 Å². The van der Waals surface area contributed by atoms with Crippen LogP contribution >= 0.6 is 11.8 Å². The summed E-state index contributed by atoms with van der Waals surface area (Å²) in [5.41, 5.74) is 3.57. The number of carbonyl (C=O) groups excluding carboxylic acids is 1. The third-order valence-corrected chi connectivity index (χ3v) is 5.65. The van der Waals surface area contributed by atoms with Crippen molar-refractivity contribution in [2.75, 3.05) is 17.2 Å². The third kappa shape index (κ3) is 3.05. The summed E-state index contributed by atoms with van der Waals surface area (Å²) in [6, 6.07) is 15.4. The van der Waals surface area contributed by atoms with Crippen LogP contribution in [0.3, 0.4) is 0 Å². The van der Waals surface area contributed by atoms with Gasteiger partial charge >= 0.3 is 0 Å². The van der Waals surface area contributed by atoms with E-state index in [-0.39, 0.29) is 11.7 Å². The second-order valence-electron chi connectivity index (χ2n) is 6.51. The van der Waals surface area contributed by atoms with Gasteiger partial charge in [-0.05, 0) is 48.7 Å². The molecule has 0 atom stereocenters. The minimum absolute atomic E-state index is 0.0658. The summed E-state index contributed by atoms with van der Waals surface area (Å²) in [7, 11) is 0. The molecular weight excluding hydrogens is 374 g/mol. The first-order chi connectivity index (χ1) is 13.8. The average Bonchev–Trinajstić information content (AvgIpc) is 3.41. The topological polar surface area (TPSA) is 76.5 Å². The van der Waals surface area contributed by atoms with Crippen molar-refractivity contribution in [1.82, 2.24) is 19.8 Å². The molecule has 3 aromatic heterocycles. The molecule has 0 N–H and O–H groups in total. The van der Waals surface area contributed by atoms with E-state index in [1.807, 2.05) is 47.4 Å². The lowest BCUT2D eigenvalue weighted by Crippen LogP contribution is -2.36. The molecule has 7 nitrogen and oxygen atoms in total. The van der Waals surface area contributed by atoms with Gasteiger partial charge in [0.25, 0.3) is 0 Å². The Hall–Kier alpha value is -3.13. The number of hydrogen-bond acceptors (Lipinski definition) is 6. The molecule has 0 spiro atoms. The van der Waals surface area contributed by atoms with Crippen molar-refractivity contribution in [3.63, 3.8) is 0 Å². The number of para-hydroxylation sites is 1. The van der Waals surface area contributed by atoms with Crippen molar-refractivity contribution in [2.45, 2.75) is 18.0 Å². The zero-order chi connectivity index (χ0) is 18.9. The summed E-state index contributed by atoms with van der Waals surface area (Å²) in [6.07, 6.45) is 3.61. The first kappa shape index (κ1) is 17.0. The van der Waals surface area contributed by atoms with Crippen LogP contribution in [0.2, 0.25) is 0 Å². The van der Waals surface area contributed by atoms with Crippen molar-refractivity contribution < 1.29 is 9.21 Å².